The van der Waals surface area contributed by atoms with Gasteiger partial charge in [-0.15, -0.1) is 0 Å². The lowest BCUT2D eigenvalue weighted by atomic mass is 9.82. The van der Waals surface area contributed by atoms with Gasteiger partial charge in [0.1, 0.15) is 5.82 Å². The van der Waals surface area contributed by atoms with Gasteiger partial charge < -0.3 is 10.3 Å². The molecule has 1 fully saturated rings. The van der Waals surface area contributed by atoms with Gasteiger partial charge in [-0.25, -0.2) is 4.98 Å². The van der Waals surface area contributed by atoms with Crippen molar-refractivity contribution in [2.75, 3.05) is 6.54 Å². The van der Waals surface area contributed by atoms with Crippen LogP contribution in [0.1, 0.15) is 25.6 Å². The van der Waals surface area contributed by atoms with E-state index >= 15 is 0 Å². The molecule has 0 aromatic carbocycles. The maximum atomic E-state index is 4.18. The summed E-state index contributed by atoms with van der Waals surface area (Å²) in [6.45, 7) is 3.36. The Labute approximate surface area is 79.0 Å². The molecule has 1 aliphatic carbocycles. The van der Waals surface area contributed by atoms with E-state index < -0.39 is 0 Å². The molecule has 1 aromatic rings. The third-order valence-corrected chi connectivity index (χ3v) is 2.72. The number of hydrogen-bond acceptors (Lipinski definition) is 2. The van der Waals surface area contributed by atoms with Crippen LogP contribution >= 0.6 is 0 Å². The summed E-state index contributed by atoms with van der Waals surface area (Å²) in [5.74, 6) is 2.01. The molecule has 1 saturated carbocycles. The normalized spacial score (nSPS) is 27.2. The van der Waals surface area contributed by atoms with Crippen molar-refractivity contribution in [1.29, 1.82) is 0 Å². The third-order valence-electron chi connectivity index (χ3n) is 2.72. The molecule has 0 amide bonds. The van der Waals surface area contributed by atoms with E-state index in [1.807, 2.05) is 6.20 Å². The highest BCUT2D eigenvalue weighted by Gasteiger charge is 2.24. The highest BCUT2D eigenvalue weighted by Crippen LogP contribution is 2.25. The standard InChI is InChI=1S/C10H17N3/c1-8-6-9(7-8)11-3-2-10-12-4-5-13-10/h4-5,8-9,11H,2-3,6-7H2,1H3,(H,12,13). The van der Waals surface area contributed by atoms with Crippen LogP contribution in [0.15, 0.2) is 12.4 Å². The van der Waals surface area contributed by atoms with Crippen LogP contribution in [0.3, 0.4) is 0 Å². The lowest BCUT2D eigenvalue weighted by molar-refractivity contribution is 0.243. The van der Waals surface area contributed by atoms with Crippen LogP contribution in [0.2, 0.25) is 0 Å². The minimum atomic E-state index is 0.768. The van der Waals surface area contributed by atoms with Crippen LogP contribution in [0.5, 0.6) is 0 Å². The Morgan fingerprint density at radius 3 is 3.08 bits per heavy atom. The molecule has 0 saturated heterocycles. The number of aromatic amines is 1. The van der Waals surface area contributed by atoms with Crippen LogP contribution in [-0.4, -0.2) is 22.6 Å². The molecule has 0 radical (unpaired) electrons. The molecule has 2 rings (SSSR count). The molecule has 3 heteroatoms. The molecule has 72 valence electrons. The van der Waals surface area contributed by atoms with Crippen LogP contribution in [0, 0.1) is 5.92 Å². The summed E-state index contributed by atoms with van der Waals surface area (Å²) in [7, 11) is 0. The van der Waals surface area contributed by atoms with Gasteiger partial charge in [0.15, 0.2) is 0 Å². The van der Waals surface area contributed by atoms with E-state index in [0.717, 1.165) is 30.7 Å². The second kappa shape index (κ2) is 3.92. The summed E-state index contributed by atoms with van der Waals surface area (Å²) < 4.78 is 0. The quantitative estimate of drug-likeness (QED) is 0.732. The Morgan fingerprint density at radius 1 is 1.62 bits per heavy atom. The summed E-state index contributed by atoms with van der Waals surface area (Å²) in [6, 6.07) is 0.768. The molecule has 0 atom stereocenters. The van der Waals surface area contributed by atoms with Gasteiger partial charge in [0.25, 0.3) is 0 Å². The zero-order valence-corrected chi connectivity index (χ0v) is 8.09. The first kappa shape index (κ1) is 8.75. The molecule has 1 aliphatic rings. The second-order valence-corrected chi connectivity index (χ2v) is 4.01. The fourth-order valence-electron chi connectivity index (χ4n) is 1.90. The van der Waals surface area contributed by atoms with E-state index in [9.17, 15) is 0 Å². The van der Waals surface area contributed by atoms with Crippen molar-refractivity contribution < 1.29 is 0 Å². The van der Waals surface area contributed by atoms with Gasteiger partial charge in [-0.3, -0.25) is 0 Å². The highest BCUT2D eigenvalue weighted by molar-refractivity contribution is 4.89. The van der Waals surface area contributed by atoms with Crippen LogP contribution in [0.25, 0.3) is 0 Å². The minimum absolute atomic E-state index is 0.768. The smallest absolute Gasteiger partial charge is 0.107 e. The molecule has 0 bridgehead atoms. The number of rotatable bonds is 4. The van der Waals surface area contributed by atoms with Gasteiger partial charge in [0.2, 0.25) is 0 Å². The number of imidazole rings is 1. The van der Waals surface area contributed by atoms with Crippen molar-refractivity contribution in [3.8, 4) is 0 Å². The first-order chi connectivity index (χ1) is 6.34. The molecule has 13 heavy (non-hydrogen) atoms. The van der Waals surface area contributed by atoms with Gasteiger partial charge in [-0.2, -0.15) is 0 Å². The molecular formula is C10H17N3. The lowest BCUT2D eigenvalue weighted by Crippen LogP contribution is -2.40. The van der Waals surface area contributed by atoms with Gasteiger partial charge in [0.05, 0.1) is 0 Å². The molecule has 0 aliphatic heterocycles. The lowest BCUT2D eigenvalue weighted by Gasteiger charge is -2.33. The van der Waals surface area contributed by atoms with E-state index in [0.29, 0.717) is 0 Å². The van der Waals surface area contributed by atoms with Gasteiger partial charge in [-0.1, -0.05) is 6.92 Å². The predicted molar refractivity (Wildman–Crippen MR) is 52.5 cm³/mol. The van der Waals surface area contributed by atoms with Crippen molar-refractivity contribution in [1.82, 2.24) is 15.3 Å². The Hall–Kier alpha value is -0.830. The van der Waals surface area contributed by atoms with E-state index in [4.69, 9.17) is 0 Å². The first-order valence-electron chi connectivity index (χ1n) is 5.06. The van der Waals surface area contributed by atoms with Crippen LogP contribution < -0.4 is 5.32 Å². The van der Waals surface area contributed by atoms with Gasteiger partial charge in [-0.05, 0) is 18.8 Å². The largest absolute Gasteiger partial charge is 0.349 e. The van der Waals surface area contributed by atoms with Crippen LogP contribution in [-0.2, 0) is 6.42 Å². The van der Waals surface area contributed by atoms with Crippen molar-refractivity contribution >= 4 is 0 Å². The monoisotopic (exact) mass is 179 g/mol. The van der Waals surface area contributed by atoms with Crippen molar-refractivity contribution in [3.05, 3.63) is 18.2 Å². The molecule has 0 spiro atoms. The summed E-state index contributed by atoms with van der Waals surface area (Å²) >= 11 is 0. The Morgan fingerprint density at radius 2 is 2.46 bits per heavy atom. The van der Waals surface area contributed by atoms with Crippen LogP contribution in [0.4, 0.5) is 0 Å². The molecule has 2 N–H and O–H groups in total. The number of hydrogen-bond donors (Lipinski definition) is 2. The highest BCUT2D eigenvalue weighted by atomic mass is 14.9. The zero-order valence-electron chi connectivity index (χ0n) is 8.09. The first-order valence-corrected chi connectivity index (χ1v) is 5.06. The maximum Gasteiger partial charge on any atom is 0.107 e. The van der Waals surface area contributed by atoms with Crippen molar-refractivity contribution in [3.63, 3.8) is 0 Å². The molecular weight excluding hydrogens is 162 g/mol. The fourth-order valence-corrected chi connectivity index (χ4v) is 1.90. The summed E-state index contributed by atoms with van der Waals surface area (Å²) in [5, 5.41) is 3.53. The minimum Gasteiger partial charge on any atom is -0.349 e. The fraction of sp³-hybridized carbons (Fsp3) is 0.700. The van der Waals surface area contributed by atoms with E-state index in [2.05, 4.69) is 22.2 Å². The zero-order chi connectivity index (χ0) is 9.10. The van der Waals surface area contributed by atoms with Crippen molar-refractivity contribution in [2.24, 2.45) is 5.92 Å². The maximum absolute atomic E-state index is 4.18. The average molecular weight is 179 g/mol. The van der Waals surface area contributed by atoms with E-state index in [-0.39, 0.29) is 0 Å². The SMILES string of the molecule is CC1CC(NCCc2ncc[nH]2)C1. The topological polar surface area (TPSA) is 40.7 Å². The van der Waals surface area contributed by atoms with E-state index in [1.54, 1.807) is 6.20 Å². The van der Waals surface area contributed by atoms with Gasteiger partial charge in [0, 0.05) is 31.4 Å². The van der Waals surface area contributed by atoms with E-state index in [1.165, 1.54) is 12.8 Å². The second-order valence-electron chi connectivity index (χ2n) is 4.01. The predicted octanol–water partition coefficient (Wildman–Crippen LogP) is 1.34. The van der Waals surface area contributed by atoms with Crippen molar-refractivity contribution in [2.45, 2.75) is 32.2 Å². The molecule has 1 aromatic heterocycles. The summed E-state index contributed by atoms with van der Waals surface area (Å²) in [4.78, 5) is 7.28. The molecule has 0 unspecified atom stereocenters. The number of nitrogens with one attached hydrogen (secondary N) is 2. The molecule has 1 heterocycles. The number of aromatic nitrogens is 2. The Bertz CT molecular complexity index is 237. The Kier molecular flexibility index (Phi) is 2.64. The molecule has 3 nitrogen and oxygen atoms in total. The number of H-pyrrole nitrogens is 1. The third kappa shape index (κ3) is 2.31. The summed E-state index contributed by atoms with van der Waals surface area (Å²) in [6.07, 6.45) is 7.38. The average Bonchev–Trinajstić information content (AvgIpc) is 2.53. The number of nitrogens with zero attached hydrogens (tertiary/aromatic N) is 1. The Balaban J connectivity index is 1.59. The van der Waals surface area contributed by atoms with Gasteiger partial charge >= 0.3 is 0 Å². The summed E-state index contributed by atoms with van der Waals surface area (Å²) in [5.41, 5.74) is 0.